The molecule has 2 rings (SSSR count). The molecule has 7 heteroatoms. The van der Waals surface area contributed by atoms with Crippen molar-refractivity contribution in [3.05, 3.63) is 47.7 Å². The number of nitrogens with one attached hydrogen (secondary N) is 1. The normalized spacial score (nSPS) is 10.9. The lowest BCUT2D eigenvalue weighted by Crippen LogP contribution is -2.05. The van der Waals surface area contributed by atoms with Gasteiger partial charge in [-0.2, -0.15) is 18.4 Å². The molecule has 0 saturated carbocycles. The van der Waals surface area contributed by atoms with Gasteiger partial charge in [-0.05, 0) is 30.3 Å². The third-order valence-corrected chi connectivity index (χ3v) is 2.50. The van der Waals surface area contributed by atoms with E-state index in [2.05, 4.69) is 10.3 Å². The molecule has 3 N–H and O–H groups in total. The quantitative estimate of drug-likeness (QED) is 0.883. The summed E-state index contributed by atoms with van der Waals surface area (Å²) in [6.07, 6.45) is -3.02. The summed E-state index contributed by atoms with van der Waals surface area (Å²) in [6, 6.07) is 7.77. The fourth-order valence-electron chi connectivity index (χ4n) is 1.55. The Kier molecular flexibility index (Phi) is 3.48. The van der Waals surface area contributed by atoms with Gasteiger partial charge in [-0.15, -0.1) is 0 Å². The number of hydrogen-bond donors (Lipinski definition) is 2. The van der Waals surface area contributed by atoms with Crippen LogP contribution in [0.15, 0.2) is 36.5 Å². The first kappa shape index (κ1) is 13.7. The Morgan fingerprint density at radius 2 is 1.85 bits per heavy atom. The van der Waals surface area contributed by atoms with Gasteiger partial charge >= 0.3 is 6.18 Å². The second kappa shape index (κ2) is 5.09. The van der Waals surface area contributed by atoms with Gasteiger partial charge in [-0.1, -0.05) is 0 Å². The molecule has 4 nitrogen and oxygen atoms in total. The summed E-state index contributed by atoms with van der Waals surface area (Å²) in [6.45, 7) is 0. The predicted octanol–water partition coefficient (Wildman–Crippen LogP) is 3.30. The molecule has 1 aromatic carbocycles. The van der Waals surface area contributed by atoms with Gasteiger partial charge in [0.2, 0.25) is 0 Å². The van der Waals surface area contributed by atoms with Crippen molar-refractivity contribution < 1.29 is 13.2 Å². The number of benzene rings is 1. The van der Waals surface area contributed by atoms with Crippen LogP contribution in [0.5, 0.6) is 0 Å². The van der Waals surface area contributed by atoms with E-state index in [4.69, 9.17) is 11.0 Å². The van der Waals surface area contributed by atoms with Crippen LogP contribution in [0.3, 0.4) is 0 Å². The summed E-state index contributed by atoms with van der Waals surface area (Å²) < 4.78 is 37.3. The van der Waals surface area contributed by atoms with Gasteiger partial charge in [0.05, 0.1) is 23.0 Å². The predicted molar refractivity (Wildman–Crippen MR) is 68.1 cm³/mol. The number of pyridine rings is 1. The van der Waals surface area contributed by atoms with Crippen molar-refractivity contribution in [3.8, 4) is 6.07 Å². The zero-order valence-corrected chi connectivity index (χ0v) is 10.1. The highest BCUT2D eigenvalue weighted by atomic mass is 19.4. The van der Waals surface area contributed by atoms with Gasteiger partial charge in [0.25, 0.3) is 0 Å². The van der Waals surface area contributed by atoms with Crippen molar-refractivity contribution in [3.63, 3.8) is 0 Å². The average Bonchev–Trinajstić information content (AvgIpc) is 2.40. The van der Waals surface area contributed by atoms with Gasteiger partial charge in [-0.25, -0.2) is 4.98 Å². The molecule has 0 fully saturated rings. The molecule has 0 aliphatic rings. The maximum atomic E-state index is 12.4. The Morgan fingerprint density at radius 3 is 2.40 bits per heavy atom. The molecule has 102 valence electrons. The minimum Gasteiger partial charge on any atom is -0.397 e. The number of aromatic nitrogens is 1. The van der Waals surface area contributed by atoms with Crippen molar-refractivity contribution in [1.29, 1.82) is 5.26 Å². The van der Waals surface area contributed by atoms with Gasteiger partial charge < -0.3 is 11.1 Å². The SMILES string of the molecule is N#Cc1cc(N)cnc1Nc1ccc(C(F)(F)F)cc1. The number of halogens is 3. The first-order chi connectivity index (χ1) is 9.40. The summed E-state index contributed by atoms with van der Waals surface area (Å²) in [5, 5.41) is 11.7. The third kappa shape index (κ3) is 2.98. The summed E-state index contributed by atoms with van der Waals surface area (Å²) in [5.41, 5.74) is 5.70. The minimum atomic E-state index is -4.38. The standard InChI is InChI=1S/C13H9F3N4/c14-13(15,16)9-1-3-11(4-2-9)20-12-8(6-17)5-10(18)7-19-12/h1-5,7H,18H2,(H,19,20). The van der Waals surface area contributed by atoms with E-state index < -0.39 is 11.7 Å². The number of nitrogens with two attached hydrogens (primary N) is 1. The lowest BCUT2D eigenvalue weighted by Gasteiger charge is -2.10. The van der Waals surface area contributed by atoms with Crippen LogP contribution in [0.2, 0.25) is 0 Å². The highest BCUT2D eigenvalue weighted by Crippen LogP contribution is 2.30. The molecule has 1 aromatic heterocycles. The Bertz CT molecular complexity index is 657. The number of nitrogen functional groups attached to an aromatic ring is 1. The van der Waals surface area contributed by atoms with Crippen molar-refractivity contribution >= 4 is 17.2 Å². The highest BCUT2D eigenvalue weighted by Gasteiger charge is 2.29. The third-order valence-electron chi connectivity index (χ3n) is 2.50. The fourth-order valence-corrected chi connectivity index (χ4v) is 1.55. The highest BCUT2D eigenvalue weighted by molar-refractivity contribution is 5.65. The second-order valence-corrected chi connectivity index (χ2v) is 3.98. The summed E-state index contributed by atoms with van der Waals surface area (Å²) >= 11 is 0. The molecule has 0 bridgehead atoms. The molecule has 0 aliphatic heterocycles. The Hall–Kier alpha value is -2.75. The molecule has 20 heavy (non-hydrogen) atoms. The average molecular weight is 278 g/mol. The largest absolute Gasteiger partial charge is 0.416 e. The van der Waals surface area contributed by atoms with E-state index in [0.29, 0.717) is 11.4 Å². The minimum absolute atomic E-state index is 0.213. The first-order valence-electron chi connectivity index (χ1n) is 5.50. The molecular weight excluding hydrogens is 269 g/mol. The number of alkyl halides is 3. The summed E-state index contributed by atoms with van der Waals surface area (Å²) in [7, 11) is 0. The lowest BCUT2D eigenvalue weighted by molar-refractivity contribution is -0.137. The van der Waals surface area contributed by atoms with Gasteiger partial charge in [0, 0.05) is 5.69 Å². The smallest absolute Gasteiger partial charge is 0.397 e. The molecule has 0 saturated heterocycles. The monoisotopic (exact) mass is 278 g/mol. The van der Waals surface area contributed by atoms with Crippen LogP contribution in [-0.2, 0) is 6.18 Å². The van der Waals surface area contributed by atoms with E-state index in [0.717, 1.165) is 12.1 Å². The number of nitriles is 1. The van der Waals surface area contributed by atoms with Crippen molar-refractivity contribution in [2.75, 3.05) is 11.1 Å². The number of nitrogens with zero attached hydrogens (tertiary/aromatic N) is 2. The second-order valence-electron chi connectivity index (χ2n) is 3.98. The van der Waals surface area contributed by atoms with Crippen LogP contribution in [0.4, 0.5) is 30.4 Å². The molecular formula is C13H9F3N4. The zero-order valence-electron chi connectivity index (χ0n) is 10.1. The number of anilines is 3. The molecule has 0 atom stereocenters. The maximum absolute atomic E-state index is 12.4. The molecule has 1 heterocycles. The number of rotatable bonds is 2. The Morgan fingerprint density at radius 1 is 1.20 bits per heavy atom. The van der Waals surface area contributed by atoms with Crippen LogP contribution in [-0.4, -0.2) is 4.98 Å². The van der Waals surface area contributed by atoms with Gasteiger partial charge in [-0.3, -0.25) is 0 Å². The molecule has 0 radical (unpaired) electrons. The van der Waals surface area contributed by atoms with Crippen LogP contribution in [0, 0.1) is 11.3 Å². The van der Waals surface area contributed by atoms with E-state index >= 15 is 0 Å². The molecule has 0 aliphatic carbocycles. The number of hydrogen-bond acceptors (Lipinski definition) is 4. The molecule has 0 amide bonds. The van der Waals surface area contributed by atoms with E-state index in [-0.39, 0.29) is 11.4 Å². The van der Waals surface area contributed by atoms with Crippen LogP contribution in [0.1, 0.15) is 11.1 Å². The Balaban J connectivity index is 2.25. The maximum Gasteiger partial charge on any atom is 0.416 e. The topological polar surface area (TPSA) is 74.7 Å². The van der Waals surface area contributed by atoms with E-state index in [1.807, 2.05) is 6.07 Å². The van der Waals surface area contributed by atoms with Crippen LogP contribution >= 0.6 is 0 Å². The van der Waals surface area contributed by atoms with Crippen molar-refractivity contribution in [2.45, 2.75) is 6.18 Å². The van der Waals surface area contributed by atoms with Crippen LogP contribution < -0.4 is 11.1 Å². The Labute approximate surface area is 112 Å². The molecule has 0 unspecified atom stereocenters. The molecule has 0 spiro atoms. The fraction of sp³-hybridized carbons (Fsp3) is 0.0769. The first-order valence-corrected chi connectivity index (χ1v) is 5.50. The van der Waals surface area contributed by atoms with Gasteiger partial charge in [0.15, 0.2) is 0 Å². The van der Waals surface area contributed by atoms with Crippen molar-refractivity contribution in [1.82, 2.24) is 4.98 Å². The van der Waals surface area contributed by atoms with E-state index in [1.54, 1.807) is 0 Å². The lowest BCUT2D eigenvalue weighted by atomic mass is 10.2. The zero-order chi connectivity index (χ0) is 14.8. The van der Waals surface area contributed by atoms with Crippen molar-refractivity contribution in [2.24, 2.45) is 0 Å². The van der Waals surface area contributed by atoms with E-state index in [9.17, 15) is 13.2 Å². The van der Waals surface area contributed by atoms with E-state index in [1.165, 1.54) is 24.4 Å². The summed E-state index contributed by atoms with van der Waals surface area (Å²) in [4.78, 5) is 3.93. The van der Waals surface area contributed by atoms with Gasteiger partial charge in [0.1, 0.15) is 11.9 Å². The van der Waals surface area contributed by atoms with Crippen LogP contribution in [0.25, 0.3) is 0 Å². The molecule has 2 aromatic rings. The summed E-state index contributed by atoms with van der Waals surface area (Å²) in [5.74, 6) is 0.237.